The summed E-state index contributed by atoms with van der Waals surface area (Å²) in [6.45, 7) is 6.65. The van der Waals surface area contributed by atoms with Crippen LogP contribution in [0.4, 0.5) is 0 Å². The summed E-state index contributed by atoms with van der Waals surface area (Å²) in [5.74, 6) is -0.394. The second-order valence-corrected chi connectivity index (χ2v) is 8.51. The van der Waals surface area contributed by atoms with Crippen molar-refractivity contribution in [3.8, 4) is 11.5 Å². The molecule has 0 saturated carbocycles. The van der Waals surface area contributed by atoms with Crippen molar-refractivity contribution in [3.63, 3.8) is 0 Å². The lowest BCUT2D eigenvalue weighted by atomic mass is 9.90. The summed E-state index contributed by atoms with van der Waals surface area (Å²) < 4.78 is 5.82. The average molecular weight is 469 g/mol. The van der Waals surface area contributed by atoms with Crippen LogP contribution in [0.2, 0.25) is 0 Å². The van der Waals surface area contributed by atoms with Crippen LogP contribution in [0.1, 0.15) is 34.0 Å². The summed E-state index contributed by atoms with van der Waals surface area (Å²) >= 11 is 0. The summed E-state index contributed by atoms with van der Waals surface area (Å²) in [6.07, 6.45) is 2.56. The molecule has 4 rings (SSSR count). The zero-order valence-electron chi connectivity index (χ0n) is 19.7. The van der Waals surface area contributed by atoms with Crippen LogP contribution in [0.15, 0.2) is 73.3 Å². The quantitative estimate of drug-likeness (QED) is 0.404. The number of nitrogens with zero attached hydrogens (tertiary/aromatic N) is 2. The van der Waals surface area contributed by atoms with E-state index < -0.39 is 11.8 Å². The number of aryl methyl sites for hydroxylation is 1. The highest BCUT2D eigenvalue weighted by Crippen LogP contribution is 2.27. The van der Waals surface area contributed by atoms with Crippen molar-refractivity contribution in [1.82, 2.24) is 9.88 Å². The highest BCUT2D eigenvalue weighted by Gasteiger charge is 2.28. The van der Waals surface area contributed by atoms with E-state index in [0.29, 0.717) is 48.7 Å². The van der Waals surface area contributed by atoms with Crippen molar-refractivity contribution < 1.29 is 14.3 Å². The van der Waals surface area contributed by atoms with Gasteiger partial charge in [0, 0.05) is 25.2 Å². The summed E-state index contributed by atoms with van der Waals surface area (Å²) in [4.78, 5) is 31.1. The van der Waals surface area contributed by atoms with E-state index in [1.54, 1.807) is 29.2 Å². The lowest BCUT2D eigenvalue weighted by Crippen LogP contribution is -2.31. The molecule has 1 aromatic heterocycles. The number of nitrogens with one attached hydrogen (secondary N) is 1. The number of rotatable bonds is 7. The van der Waals surface area contributed by atoms with Gasteiger partial charge in [0.1, 0.15) is 17.4 Å². The van der Waals surface area contributed by atoms with Crippen molar-refractivity contribution in [1.29, 1.82) is 5.41 Å². The van der Waals surface area contributed by atoms with Crippen LogP contribution < -0.4 is 10.5 Å². The number of ether oxygens (including phenoxy) is 1. The summed E-state index contributed by atoms with van der Waals surface area (Å²) in [6, 6.07) is 18.2. The molecular weight excluding hydrogens is 440 g/mol. The normalized spacial score (nSPS) is 13.8. The van der Waals surface area contributed by atoms with Gasteiger partial charge in [0.2, 0.25) is 11.8 Å². The molecule has 0 saturated heterocycles. The Labute approximate surface area is 204 Å². The maximum atomic E-state index is 12.5. The van der Waals surface area contributed by atoms with Gasteiger partial charge in [-0.15, -0.1) is 0 Å². The van der Waals surface area contributed by atoms with E-state index in [4.69, 9.17) is 20.9 Å². The molecule has 0 spiro atoms. The number of para-hydroxylation sites is 1. The Kier molecular flexibility index (Phi) is 7.06. The number of hydrogen-bond donors (Lipinski definition) is 2. The fraction of sp³-hybridized carbons (Fsp3) is 0.214. The van der Waals surface area contributed by atoms with Gasteiger partial charge < -0.3 is 20.8 Å². The van der Waals surface area contributed by atoms with Gasteiger partial charge in [-0.1, -0.05) is 24.8 Å². The first kappa shape index (κ1) is 23.9. The molecule has 0 radical (unpaired) electrons. The molecule has 2 amide bonds. The van der Waals surface area contributed by atoms with Crippen molar-refractivity contribution >= 4 is 17.5 Å². The molecule has 1 atom stereocenters. The number of primary amides is 1. The molecule has 3 aromatic rings. The minimum absolute atomic E-state index is 0.0766. The number of amides is 2. The Morgan fingerprint density at radius 3 is 2.40 bits per heavy atom. The fourth-order valence-electron chi connectivity index (χ4n) is 4.37. The molecule has 7 heteroatoms. The highest BCUT2D eigenvalue weighted by molar-refractivity contribution is 6.15. The van der Waals surface area contributed by atoms with Crippen LogP contribution in [-0.2, 0) is 22.4 Å². The Hall–Kier alpha value is -4.26. The SMILES string of the molecule is C=CC(=O)N1CCc2nc(C(C(=N)c3ccc(Oc4ccccc4)cc3)C(N)=O)cc(C)c2CC1. The monoisotopic (exact) mass is 468 g/mol. The molecule has 0 aliphatic carbocycles. The first-order valence-electron chi connectivity index (χ1n) is 11.5. The third-order valence-electron chi connectivity index (χ3n) is 6.20. The van der Waals surface area contributed by atoms with Gasteiger partial charge in [0.05, 0.1) is 11.4 Å². The molecule has 1 aliphatic rings. The zero-order chi connectivity index (χ0) is 24.9. The van der Waals surface area contributed by atoms with Gasteiger partial charge in [-0.3, -0.25) is 14.6 Å². The molecule has 0 bridgehead atoms. The molecule has 178 valence electrons. The summed E-state index contributed by atoms with van der Waals surface area (Å²) in [7, 11) is 0. The standard InChI is InChI=1S/C28H28N4O3/c1-3-25(33)32-15-13-22-18(2)17-24(31-23(22)14-16-32)26(28(30)34)27(29)19-9-11-21(12-10-19)35-20-7-5-4-6-8-20/h3-12,17,26,29H,1,13-16H2,2H3,(H2,30,34). The van der Waals surface area contributed by atoms with Gasteiger partial charge in [-0.25, -0.2) is 0 Å². The molecule has 3 N–H and O–H groups in total. The smallest absolute Gasteiger partial charge is 0.245 e. The lowest BCUT2D eigenvalue weighted by Gasteiger charge is -2.18. The minimum atomic E-state index is -0.992. The third-order valence-corrected chi connectivity index (χ3v) is 6.20. The van der Waals surface area contributed by atoms with E-state index in [0.717, 1.165) is 16.8 Å². The predicted octanol–water partition coefficient (Wildman–Crippen LogP) is 3.93. The maximum absolute atomic E-state index is 12.5. The Morgan fingerprint density at radius 2 is 1.74 bits per heavy atom. The number of aromatic nitrogens is 1. The molecule has 1 aliphatic heterocycles. The van der Waals surface area contributed by atoms with Gasteiger partial charge in [-0.2, -0.15) is 0 Å². The first-order chi connectivity index (χ1) is 16.9. The zero-order valence-corrected chi connectivity index (χ0v) is 19.7. The molecular formula is C28H28N4O3. The number of fused-ring (bicyclic) bond motifs is 1. The number of carbonyl (C=O) groups is 2. The van der Waals surface area contributed by atoms with Crippen LogP contribution in [0, 0.1) is 12.3 Å². The van der Waals surface area contributed by atoms with E-state index >= 15 is 0 Å². The van der Waals surface area contributed by atoms with E-state index in [1.807, 2.05) is 43.3 Å². The van der Waals surface area contributed by atoms with E-state index in [2.05, 4.69) is 6.58 Å². The summed E-state index contributed by atoms with van der Waals surface area (Å²) in [5, 5.41) is 8.77. The minimum Gasteiger partial charge on any atom is -0.457 e. The molecule has 2 heterocycles. The Balaban J connectivity index is 1.58. The number of benzene rings is 2. The topological polar surface area (TPSA) is 109 Å². The highest BCUT2D eigenvalue weighted by atomic mass is 16.5. The Bertz CT molecular complexity index is 1270. The largest absolute Gasteiger partial charge is 0.457 e. The number of pyridine rings is 1. The number of nitrogens with two attached hydrogens (primary N) is 1. The third kappa shape index (κ3) is 5.30. The lowest BCUT2D eigenvalue weighted by molar-refractivity contribution is -0.126. The summed E-state index contributed by atoms with van der Waals surface area (Å²) in [5.41, 5.74) is 9.74. The molecule has 1 unspecified atom stereocenters. The van der Waals surface area contributed by atoms with Crippen molar-refractivity contribution in [3.05, 3.63) is 101 Å². The molecule has 2 aromatic carbocycles. The van der Waals surface area contributed by atoms with Crippen molar-refractivity contribution in [2.45, 2.75) is 25.7 Å². The van der Waals surface area contributed by atoms with Gasteiger partial charge in [-0.05, 0) is 78.6 Å². The van der Waals surface area contributed by atoms with Crippen LogP contribution in [0.3, 0.4) is 0 Å². The molecule has 7 nitrogen and oxygen atoms in total. The molecule has 0 fully saturated rings. The second kappa shape index (κ2) is 10.3. The maximum Gasteiger partial charge on any atom is 0.245 e. The van der Waals surface area contributed by atoms with Crippen LogP contribution in [0.25, 0.3) is 0 Å². The van der Waals surface area contributed by atoms with E-state index in [1.165, 1.54) is 6.08 Å². The van der Waals surface area contributed by atoms with E-state index in [9.17, 15) is 9.59 Å². The predicted molar refractivity (Wildman–Crippen MR) is 135 cm³/mol. The van der Waals surface area contributed by atoms with Crippen LogP contribution in [-0.4, -0.2) is 40.5 Å². The number of carbonyl (C=O) groups excluding carboxylic acids is 2. The van der Waals surface area contributed by atoms with Gasteiger partial charge in [0.25, 0.3) is 0 Å². The average Bonchev–Trinajstić information content (AvgIpc) is 3.08. The van der Waals surface area contributed by atoms with E-state index in [-0.39, 0.29) is 11.6 Å². The second-order valence-electron chi connectivity index (χ2n) is 8.51. The Morgan fingerprint density at radius 1 is 1.09 bits per heavy atom. The molecule has 35 heavy (non-hydrogen) atoms. The van der Waals surface area contributed by atoms with Gasteiger partial charge >= 0.3 is 0 Å². The van der Waals surface area contributed by atoms with Gasteiger partial charge in [0.15, 0.2) is 0 Å². The van der Waals surface area contributed by atoms with Crippen molar-refractivity contribution in [2.75, 3.05) is 13.1 Å². The van der Waals surface area contributed by atoms with Crippen LogP contribution >= 0.6 is 0 Å². The first-order valence-corrected chi connectivity index (χ1v) is 11.5. The van der Waals surface area contributed by atoms with Crippen molar-refractivity contribution in [2.24, 2.45) is 5.73 Å². The van der Waals surface area contributed by atoms with Crippen LogP contribution in [0.5, 0.6) is 11.5 Å². The fourth-order valence-corrected chi connectivity index (χ4v) is 4.37. The number of hydrogen-bond acceptors (Lipinski definition) is 5.